The van der Waals surface area contributed by atoms with Gasteiger partial charge in [-0.3, -0.25) is 0 Å². The molecule has 1 N–H and O–H groups in total. The molecule has 0 aromatic rings. The summed E-state index contributed by atoms with van der Waals surface area (Å²) in [7, 11) is 0. The van der Waals surface area contributed by atoms with Gasteiger partial charge in [-0.25, -0.2) is 4.79 Å². The Hall–Kier alpha value is -0.730. The molecule has 1 aliphatic carbocycles. The number of likely N-dealkylation sites (tertiary alicyclic amines) is 1. The summed E-state index contributed by atoms with van der Waals surface area (Å²) in [5.41, 5.74) is 0. The average Bonchev–Trinajstić information content (AvgIpc) is 3.02. The zero-order valence-corrected chi connectivity index (χ0v) is 9.67. The van der Waals surface area contributed by atoms with E-state index in [9.17, 15) is 4.79 Å². The first kappa shape index (κ1) is 10.8. The largest absolute Gasteiger partial charge is 0.335 e. The summed E-state index contributed by atoms with van der Waals surface area (Å²) >= 11 is 0. The molecule has 1 saturated carbocycles. The SMILES string of the molecule is CCC1CCCN(C(=O)NC2CC2)CC1. The van der Waals surface area contributed by atoms with Crippen LogP contribution in [0.3, 0.4) is 0 Å². The Kier molecular flexibility index (Phi) is 3.49. The molecule has 0 radical (unpaired) electrons. The van der Waals surface area contributed by atoms with Gasteiger partial charge in [0, 0.05) is 19.1 Å². The fourth-order valence-electron chi connectivity index (χ4n) is 2.27. The van der Waals surface area contributed by atoms with Gasteiger partial charge in [-0.15, -0.1) is 0 Å². The summed E-state index contributed by atoms with van der Waals surface area (Å²) < 4.78 is 0. The van der Waals surface area contributed by atoms with Gasteiger partial charge < -0.3 is 10.2 Å². The molecular weight excluding hydrogens is 188 g/mol. The molecule has 1 atom stereocenters. The number of amides is 2. The summed E-state index contributed by atoms with van der Waals surface area (Å²) in [5.74, 6) is 0.837. The second-order valence-electron chi connectivity index (χ2n) is 4.92. The molecule has 0 aromatic heterocycles. The third-order valence-corrected chi connectivity index (χ3v) is 3.62. The predicted octanol–water partition coefficient (Wildman–Crippen LogP) is 2.37. The fourth-order valence-corrected chi connectivity index (χ4v) is 2.27. The first-order chi connectivity index (χ1) is 7.29. The Labute approximate surface area is 92.2 Å². The van der Waals surface area contributed by atoms with E-state index < -0.39 is 0 Å². The standard InChI is InChI=1S/C12H22N2O/c1-2-10-4-3-8-14(9-7-10)12(15)13-11-5-6-11/h10-11H,2-9H2,1H3,(H,13,15). The number of hydrogen-bond acceptors (Lipinski definition) is 1. The first-order valence-corrected chi connectivity index (χ1v) is 6.35. The molecule has 2 amide bonds. The molecule has 1 heterocycles. The molecule has 1 unspecified atom stereocenters. The maximum Gasteiger partial charge on any atom is 0.317 e. The highest BCUT2D eigenvalue weighted by Crippen LogP contribution is 2.22. The number of rotatable bonds is 2. The molecule has 0 aromatic carbocycles. The van der Waals surface area contributed by atoms with Gasteiger partial charge in [0.05, 0.1) is 0 Å². The van der Waals surface area contributed by atoms with Crippen molar-refractivity contribution < 1.29 is 4.79 Å². The Morgan fingerprint density at radius 1 is 1.27 bits per heavy atom. The van der Waals surface area contributed by atoms with Crippen LogP contribution in [0.15, 0.2) is 0 Å². The highest BCUT2D eigenvalue weighted by molar-refractivity contribution is 5.74. The summed E-state index contributed by atoms with van der Waals surface area (Å²) in [5, 5.41) is 3.07. The molecule has 2 aliphatic rings. The third-order valence-electron chi connectivity index (χ3n) is 3.62. The predicted molar refractivity (Wildman–Crippen MR) is 60.8 cm³/mol. The van der Waals surface area contributed by atoms with Crippen molar-refractivity contribution in [2.24, 2.45) is 5.92 Å². The number of nitrogens with zero attached hydrogens (tertiary/aromatic N) is 1. The lowest BCUT2D eigenvalue weighted by Crippen LogP contribution is -2.41. The van der Waals surface area contributed by atoms with Crippen molar-refractivity contribution in [2.75, 3.05) is 13.1 Å². The number of nitrogens with one attached hydrogen (secondary N) is 1. The third kappa shape index (κ3) is 3.11. The van der Waals surface area contributed by atoms with Crippen LogP contribution in [0.4, 0.5) is 4.79 Å². The van der Waals surface area contributed by atoms with E-state index in [4.69, 9.17) is 0 Å². The molecular formula is C12H22N2O. The Morgan fingerprint density at radius 3 is 2.73 bits per heavy atom. The van der Waals surface area contributed by atoms with Crippen molar-refractivity contribution >= 4 is 6.03 Å². The lowest BCUT2D eigenvalue weighted by atomic mass is 9.98. The van der Waals surface area contributed by atoms with Crippen LogP contribution in [-0.2, 0) is 0 Å². The van der Waals surface area contributed by atoms with Crippen LogP contribution in [0, 0.1) is 5.92 Å². The molecule has 15 heavy (non-hydrogen) atoms. The number of carbonyl (C=O) groups excluding carboxylic acids is 1. The minimum absolute atomic E-state index is 0.175. The normalized spacial score (nSPS) is 27.3. The van der Waals surface area contributed by atoms with Crippen LogP contribution in [0.1, 0.15) is 45.4 Å². The molecule has 3 nitrogen and oxygen atoms in total. The van der Waals surface area contributed by atoms with Crippen molar-refractivity contribution in [2.45, 2.75) is 51.5 Å². The zero-order valence-electron chi connectivity index (χ0n) is 9.67. The fraction of sp³-hybridized carbons (Fsp3) is 0.917. The van der Waals surface area contributed by atoms with E-state index in [-0.39, 0.29) is 6.03 Å². The molecule has 0 spiro atoms. The Morgan fingerprint density at radius 2 is 2.07 bits per heavy atom. The molecule has 2 rings (SSSR count). The summed E-state index contributed by atoms with van der Waals surface area (Å²) in [6, 6.07) is 0.664. The number of carbonyl (C=O) groups is 1. The number of urea groups is 1. The maximum atomic E-state index is 11.8. The zero-order chi connectivity index (χ0) is 10.7. The van der Waals surface area contributed by atoms with E-state index in [1.54, 1.807) is 0 Å². The van der Waals surface area contributed by atoms with Gasteiger partial charge in [0.1, 0.15) is 0 Å². The van der Waals surface area contributed by atoms with Gasteiger partial charge in [-0.1, -0.05) is 13.3 Å². The summed E-state index contributed by atoms with van der Waals surface area (Å²) in [4.78, 5) is 13.8. The summed E-state index contributed by atoms with van der Waals surface area (Å²) in [6.07, 6.45) is 7.28. The van der Waals surface area contributed by atoms with Crippen LogP contribution in [0.25, 0.3) is 0 Å². The lowest BCUT2D eigenvalue weighted by Gasteiger charge is -2.20. The topological polar surface area (TPSA) is 32.3 Å². The molecule has 86 valence electrons. The molecule has 3 heteroatoms. The van der Waals surface area contributed by atoms with Gasteiger partial charge in [0.25, 0.3) is 0 Å². The Balaban J connectivity index is 1.78. The quantitative estimate of drug-likeness (QED) is 0.745. The van der Waals surface area contributed by atoms with Crippen molar-refractivity contribution in [1.29, 1.82) is 0 Å². The van der Waals surface area contributed by atoms with Crippen LogP contribution in [0.2, 0.25) is 0 Å². The molecule has 1 aliphatic heterocycles. The van der Waals surface area contributed by atoms with E-state index in [1.165, 1.54) is 38.5 Å². The van der Waals surface area contributed by atoms with Gasteiger partial charge in [-0.2, -0.15) is 0 Å². The van der Waals surface area contributed by atoms with E-state index >= 15 is 0 Å². The van der Waals surface area contributed by atoms with Gasteiger partial charge >= 0.3 is 6.03 Å². The van der Waals surface area contributed by atoms with Crippen LogP contribution in [-0.4, -0.2) is 30.1 Å². The second-order valence-corrected chi connectivity index (χ2v) is 4.92. The van der Waals surface area contributed by atoms with Crippen molar-refractivity contribution in [3.8, 4) is 0 Å². The highest BCUT2D eigenvalue weighted by atomic mass is 16.2. The average molecular weight is 210 g/mol. The van der Waals surface area contributed by atoms with Gasteiger partial charge in [0.2, 0.25) is 0 Å². The van der Waals surface area contributed by atoms with Crippen molar-refractivity contribution in [3.05, 3.63) is 0 Å². The molecule has 1 saturated heterocycles. The van der Waals surface area contributed by atoms with E-state index in [0.29, 0.717) is 6.04 Å². The second kappa shape index (κ2) is 4.86. The molecule has 2 fully saturated rings. The van der Waals surface area contributed by atoms with Gasteiger partial charge in [-0.05, 0) is 38.0 Å². The monoisotopic (exact) mass is 210 g/mol. The van der Waals surface area contributed by atoms with Crippen molar-refractivity contribution in [3.63, 3.8) is 0 Å². The van der Waals surface area contributed by atoms with E-state index in [1.807, 2.05) is 4.90 Å². The Bertz CT molecular complexity index is 226. The minimum atomic E-state index is 0.175. The van der Waals surface area contributed by atoms with Crippen LogP contribution in [0.5, 0.6) is 0 Å². The first-order valence-electron chi connectivity index (χ1n) is 6.35. The highest BCUT2D eigenvalue weighted by Gasteiger charge is 2.26. The molecule has 0 bridgehead atoms. The summed E-state index contributed by atoms with van der Waals surface area (Å²) in [6.45, 7) is 4.16. The maximum absolute atomic E-state index is 11.8. The number of hydrogen-bond donors (Lipinski definition) is 1. The minimum Gasteiger partial charge on any atom is -0.335 e. The smallest absolute Gasteiger partial charge is 0.317 e. The van der Waals surface area contributed by atoms with Crippen molar-refractivity contribution in [1.82, 2.24) is 10.2 Å². The van der Waals surface area contributed by atoms with E-state index in [0.717, 1.165) is 19.0 Å². The van der Waals surface area contributed by atoms with Crippen LogP contribution >= 0.6 is 0 Å². The van der Waals surface area contributed by atoms with Gasteiger partial charge in [0.15, 0.2) is 0 Å². The lowest BCUT2D eigenvalue weighted by molar-refractivity contribution is 0.198. The van der Waals surface area contributed by atoms with E-state index in [2.05, 4.69) is 12.2 Å². The van der Waals surface area contributed by atoms with Crippen LogP contribution < -0.4 is 5.32 Å².